The molecule has 1 aromatic heterocycles. The summed E-state index contributed by atoms with van der Waals surface area (Å²) in [7, 11) is -4.11. The third kappa shape index (κ3) is 6.89. The van der Waals surface area contributed by atoms with E-state index in [9.17, 15) is 19.3 Å². The van der Waals surface area contributed by atoms with Crippen molar-refractivity contribution in [2.75, 3.05) is 0 Å². The third-order valence-corrected chi connectivity index (χ3v) is 5.79. The quantitative estimate of drug-likeness (QED) is 0.315. The van der Waals surface area contributed by atoms with Gasteiger partial charge in [-0.15, -0.1) is 0 Å². The molecule has 0 amide bonds. The molecule has 0 bridgehead atoms. The molecule has 0 radical (unpaired) electrons. The number of carbonyl (C=O) groups is 2. The van der Waals surface area contributed by atoms with Crippen LogP contribution in [0, 0.1) is 13.8 Å². The number of aromatic nitrogens is 1. The Labute approximate surface area is 181 Å². The number of ether oxygens (including phenoxy) is 1. The van der Waals surface area contributed by atoms with Crippen LogP contribution in [-0.2, 0) is 25.2 Å². The lowest BCUT2D eigenvalue weighted by Crippen LogP contribution is -2.36. The van der Waals surface area contributed by atoms with Crippen molar-refractivity contribution >= 4 is 20.0 Å². The normalized spacial score (nSPS) is 14.0. The molecule has 0 saturated heterocycles. The molecular formula is C21H27N2O7P. The summed E-state index contributed by atoms with van der Waals surface area (Å²) in [6, 6.07) is 5.75. The number of carbonyl (C=O) groups excluding carboxylic acids is 2. The minimum atomic E-state index is -4.11. The topological polar surface area (TPSA) is 124 Å². The number of pyridine rings is 1. The number of nitrogens with zero attached hydrogens (tertiary/aromatic N) is 1. The summed E-state index contributed by atoms with van der Waals surface area (Å²) in [6.07, 6.45) is 1.45. The Morgan fingerprint density at radius 2 is 1.87 bits per heavy atom. The maximum Gasteiger partial charge on any atom is 0.459 e. The summed E-state index contributed by atoms with van der Waals surface area (Å²) >= 11 is 0. The number of esters is 1. The van der Waals surface area contributed by atoms with Crippen LogP contribution in [0.2, 0.25) is 0 Å². The molecule has 0 fully saturated rings. The van der Waals surface area contributed by atoms with E-state index in [0.717, 1.165) is 5.56 Å². The summed E-state index contributed by atoms with van der Waals surface area (Å²) in [5.74, 6) is -0.659. The zero-order chi connectivity index (χ0) is 23.2. The highest BCUT2D eigenvalue weighted by Crippen LogP contribution is 2.46. The molecule has 10 heteroatoms. The van der Waals surface area contributed by atoms with E-state index in [0.29, 0.717) is 6.29 Å². The van der Waals surface area contributed by atoms with Crippen molar-refractivity contribution < 1.29 is 33.0 Å². The first-order valence-electron chi connectivity index (χ1n) is 9.66. The number of aromatic hydroxyl groups is 1. The van der Waals surface area contributed by atoms with Gasteiger partial charge < -0.3 is 14.4 Å². The molecule has 0 aliphatic carbocycles. The van der Waals surface area contributed by atoms with Crippen LogP contribution in [0.25, 0.3) is 0 Å². The van der Waals surface area contributed by atoms with Crippen LogP contribution < -0.4 is 9.61 Å². The molecule has 9 nitrogen and oxygen atoms in total. The average Bonchev–Trinajstić information content (AvgIpc) is 2.70. The number of aryl methyl sites for hydroxylation is 2. The molecule has 1 heterocycles. The molecule has 0 aliphatic heterocycles. The average molecular weight is 450 g/mol. The van der Waals surface area contributed by atoms with Crippen LogP contribution in [0.3, 0.4) is 0 Å². The number of nitrogens with one attached hydrogen (secondary N) is 1. The Morgan fingerprint density at radius 1 is 1.23 bits per heavy atom. The molecule has 2 N–H and O–H groups in total. The Kier molecular flexibility index (Phi) is 8.33. The fourth-order valence-electron chi connectivity index (χ4n) is 2.51. The van der Waals surface area contributed by atoms with Crippen LogP contribution in [0.1, 0.15) is 48.0 Å². The molecule has 0 saturated carbocycles. The number of rotatable bonds is 10. The third-order valence-electron chi connectivity index (χ3n) is 4.17. The van der Waals surface area contributed by atoms with Crippen molar-refractivity contribution in [3.05, 3.63) is 52.8 Å². The lowest BCUT2D eigenvalue weighted by molar-refractivity contribution is -0.149. The second-order valence-corrected chi connectivity index (χ2v) is 8.95. The molecule has 31 heavy (non-hydrogen) atoms. The van der Waals surface area contributed by atoms with Gasteiger partial charge in [0.05, 0.1) is 24.0 Å². The van der Waals surface area contributed by atoms with E-state index in [2.05, 4.69) is 10.1 Å². The van der Waals surface area contributed by atoms with Gasteiger partial charge in [0.15, 0.2) is 6.29 Å². The van der Waals surface area contributed by atoms with Crippen molar-refractivity contribution in [2.24, 2.45) is 0 Å². The summed E-state index contributed by atoms with van der Waals surface area (Å²) in [5.41, 5.74) is 1.43. The second-order valence-electron chi connectivity index (χ2n) is 7.26. The summed E-state index contributed by atoms with van der Waals surface area (Å²) in [5, 5.41) is 12.6. The van der Waals surface area contributed by atoms with Crippen molar-refractivity contribution in [1.29, 1.82) is 0 Å². The zero-order valence-corrected chi connectivity index (χ0v) is 19.0. The van der Waals surface area contributed by atoms with Gasteiger partial charge in [0.25, 0.3) is 0 Å². The summed E-state index contributed by atoms with van der Waals surface area (Å²) in [4.78, 5) is 27.6. The molecule has 0 aliphatic rings. The number of aldehydes is 1. The predicted molar refractivity (Wildman–Crippen MR) is 114 cm³/mol. The highest BCUT2D eigenvalue weighted by Gasteiger charge is 2.33. The van der Waals surface area contributed by atoms with Gasteiger partial charge in [0.2, 0.25) is 0 Å². The summed E-state index contributed by atoms with van der Waals surface area (Å²) < 4.78 is 29.7. The van der Waals surface area contributed by atoms with Crippen LogP contribution in [0.4, 0.5) is 0 Å². The Hall–Kier alpha value is -2.74. The lowest BCUT2D eigenvalue weighted by atomic mass is 10.1. The first-order valence-corrected chi connectivity index (χ1v) is 11.2. The minimum absolute atomic E-state index is 0.0262. The standard InChI is InChI=1S/C21H27N2O7P/c1-13(2)29-21(26)16(5)23-31(27,30-18-8-6-14(3)7-9-18)28-12-17-10-22-15(4)20(25)19(17)11-24/h6-11,13,16,25H,12H2,1-5H3,(H,23,27)/t16-,31?/m0/s1. The van der Waals surface area contributed by atoms with Gasteiger partial charge in [-0.3, -0.25) is 19.1 Å². The minimum Gasteiger partial charge on any atom is -0.505 e. The first kappa shape index (κ1) is 24.5. The van der Waals surface area contributed by atoms with Gasteiger partial charge in [-0.2, -0.15) is 5.09 Å². The monoisotopic (exact) mass is 450 g/mol. The molecule has 0 spiro atoms. The van der Waals surface area contributed by atoms with Crippen molar-refractivity contribution in [1.82, 2.24) is 10.1 Å². The van der Waals surface area contributed by atoms with Gasteiger partial charge in [-0.25, -0.2) is 4.57 Å². The Bertz CT molecular complexity index is 976. The molecule has 2 rings (SSSR count). The van der Waals surface area contributed by atoms with Gasteiger partial charge in [-0.05, 0) is 46.8 Å². The number of hydrogen-bond acceptors (Lipinski definition) is 8. The molecule has 1 unspecified atom stereocenters. The van der Waals surface area contributed by atoms with Gasteiger partial charge in [0.1, 0.15) is 17.5 Å². The van der Waals surface area contributed by atoms with Crippen LogP contribution >= 0.6 is 7.75 Å². The molecule has 168 valence electrons. The smallest absolute Gasteiger partial charge is 0.459 e. The Balaban J connectivity index is 2.27. The van der Waals surface area contributed by atoms with Crippen molar-refractivity contribution in [2.45, 2.75) is 53.4 Å². The van der Waals surface area contributed by atoms with Gasteiger partial charge in [-0.1, -0.05) is 17.7 Å². The largest absolute Gasteiger partial charge is 0.505 e. The molecule has 2 atom stereocenters. The van der Waals surface area contributed by atoms with Crippen molar-refractivity contribution in [3.63, 3.8) is 0 Å². The lowest BCUT2D eigenvalue weighted by Gasteiger charge is -2.23. The Morgan fingerprint density at radius 3 is 2.45 bits per heavy atom. The van der Waals surface area contributed by atoms with E-state index in [1.807, 2.05) is 6.92 Å². The van der Waals surface area contributed by atoms with Crippen LogP contribution in [0.15, 0.2) is 30.5 Å². The highest BCUT2D eigenvalue weighted by molar-refractivity contribution is 7.52. The number of benzene rings is 1. The van der Waals surface area contributed by atoms with Gasteiger partial charge in [0, 0.05) is 11.8 Å². The maximum absolute atomic E-state index is 13.5. The maximum atomic E-state index is 13.5. The zero-order valence-electron chi connectivity index (χ0n) is 18.1. The van der Waals surface area contributed by atoms with E-state index < -0.39 is 19.8 Å². The SMILES string of the molecule is Cc1ccc(OP(=O)(N[C@@H](C)C(=O)OC(C)C)OCc2cnc(C)c(O)c2C=O)cc1. The van der Waals surface area contributed by atoms with Gasteiger partial charge >= 0.3 is 13.7 Å². The van der Waals surface area contributed by atoms with E-state index in [4.69, 9.17) is 13.8 Å². The van der Waals surface area contributed by atoms with E-state index in [-0.39, 0.29) is 41.0 Å². The van der Waals surface area contributed by atoms with Crippen LogP contribution in [-0.4, -0.2) is 34.5 Å². The number of hydrogen-bond donors (Lipinski definition) is 2. The molecule has 2 aromatic rings. The highest BCUT2D eigenvalue weighted by atomic mass is 31.2. The summed E-state index contributed by atoms with van der Waals surface area (Å²) in [6.45, 7) is 7.93. The second kappa shape index (κ2) is 10.5. The predicted octanol–water partition coefficient (Wildman–Crippen LogP) is 3.85. The fraction of sp³-hybridized carbons (Fsp3) is 0.381. The van der Waals surface area contributed by atoms with E-state index >= 15 is 0 Å². The van der Waals surface area contributed by atoms with Crippen LogP contribution in [0.5, 0.6) is 11.5 Å². The molecule has 1 aromatic carbocycles. The van der Waals surface area contributed by atoms with Crippen molar-refractivity contribution in [3.8, 4) is 11.5 Å². The van der Waals surface area contributed by atoms with E-state index in [1.165, 1.54) is 13.1 Å². The molecular weight excluding hydrogens is 423 g/mol. The first-order chi connectivity index (χ1) is 14.5. The fourth-order valence-corrected chi connectivity index (χ4v) is 3.97. The van der Waals surface area contributed by atoms with E-state index in [1.54, 1.807) is 45.0 Å².